The minimum absolute atomic E-state index is 0.215. The number of nitrogens with two attached hydrogens (primary N) is 1. The van der Waals surface area contributed by atoms with Crippen LogP contribution in [0.5, 0.6) is 0 Å². The fraction of sp³-hybridized carbons (Fsp3) is 0.682. The molecule has 0 radical (unpaired) electrons. The molecule has 35 heavy (non-hydrogen) atoms. The minimum atomic E-state index is -4.39. The molecule has 9 nitrogen and oxygen atoms in total. The van der Waals surface area contributed by atoms with Crippen molar-refractivity contribution in [2.24, 2.45) is 11.1 Å². The van der Waals surface area contributed by atoms with Gasteiger partial charge in [0.1, 0.15) is 0 Å². The van der Waals surface area contributed by atoms with Gasteiger partial charge in [-0.3, -0.25) is 0 Å². The summed E-state index contributed by atoms with van der Waals surface area (Å²) in [6.45, 7) is 1.16. The van der Waals surface area contributed by atoms with Gasteiger partial charge in [-0.05, 0) is 97.9 Å². The standard InChI is InChI=1S/C22H29F3N6.H3NO2S/c23-22(24,25)15-4-8-18(19(11-15)21-28-30-31-29-21)13-1-5-16(6-2-13)27-17-7-3-14-9-10-26-20(14)12-17;1-4(2)3/h4,8,11,13-14,16-17,20,26-27H,1-3,5-7,9-10,12H2,(H,28,29,30,31);4H,(H2,1,2,3)/t13?,14-,16?,17-,20-;/m0./s1. The van der Waals surface area contributed by atoms with Gasteiger partial charge in [0.05, 0.1) is 5.56 Å². The number of alkyl halides is 3. The molecule has 1 aromatic carbocycles. The summed E-state index contributed by atoms with van der Waals surface area (Å²) in [4.78, 5) is 0. The number of halogens is 3. The molecule has 1 saturated heterocycles. The first-order chi connectivity index (χ1) is 16.7. The second-order valence-electron chi connectivity index (χ2n) is 9.67. The van der Waals surface area contributed by atoms with E-state index in [2.05, 4.69) is 36.4 Å². The van der Waals surface area contributed by atoms with Crippen LogP contribution in [0.3, 0.4) is 0 Å². The van der Waals surface area contributed by atoms with Crippen LogP contribution >= 0.6 is 0 Å². The highest BCUT2D eigenvalue weighted by atomic mass is 32.2. The van der Waals surface area contributed by atoms with E-state index in [1.165, 1.54) is 37.8 Å². The van der Waals surface area contributed by atoms with Crippen molar-refractivity contribution in [1.82, 2.24) is 31.3 Å². The average molecular weight is 516 g/mol. The van der Waals surface area contributed by atoms with E-state index in [1.54, 1.807) is 6.07 Å². The lowest BCUT2D eigenvalue weighted by molar-refractivity contribution is -0.137. The van der Waals surface area contributed by atoms with Gasteiger partial charge in [0.2, 0.25) is 0 Å². The Kier molecular flexibility index (Phi) is 8.40. The van der Waals surface area contributed by atoms with Crippen LogP contribution in [-0.2, 0) is 17.1 Å². The van der Waals surface area contributed by atoms with Crippen LogP contribution in [0.15, 0.2) is 18.2 Å². The number of thiol groups is 1. The third-order valence-electron chi connectivity index (χ3n) is 7.53. The summed E-state index contributed by atoms with van der Waals surface area (Å²) in [7, 11) is -2.62. The Morgan fingerprint density at radius 2 is 1.74 bits per heavy atom. The van der Waals surface area contributed by atoms with E-state index in [0.29, 0.717) is 29.5 Å². The maximum absolute atomic E-state index is 13.3. The lowest BCUT2D eigenvalue weighted by Gasteiger charge is -2.37. The fourth-order valence-corrected chi connectivity index (χ4v) is 5.91. The summed E-state index contributed by atoms with van der Waals surface area (Å²) in [5.41, 5.74) is 0.691. The highest BCUT2D eigenvalue weighted by molar-refractivity contribution is 7.69. The Morgan fingerprint density at radius 3 is 2.40 bits per heavy atom. The predicted octanol–water partition coefficient (Wildman–Crippen LogP) is 2.50. The Morgan fingerprint density at radius 1 is 1.03 bits per heavy atom. The molecule has 0 bridgehead atoms. The molecule has 0 unspecified atom stereocenters. The van der Waals surface area contributed by atoms with Crippen molar-refractivity contribution in [2.75, 3.05) is 6.54 Å². The van der Waals surface area contributed by atoms with E-state index in [1.807, 2.05) is 0 Å². The van der Waals surface area contributed by atoms with Crippen molar-refractivity contribution in [1.29, 1.82) is 0 Å². The first-order valence-corrected chi connectivity index (χ1v) is 13.3. The summed E-state index contributed by atoms with van der Waals surface area (Å²) in [6, 6.07) is 5.72. The summed E-state index contributed by atoms with van der Waals surface area (Å²) in [5, 5.41) is 25.2. The van der Waals surface area contributed by atoms with Crippen LogP contribution in [0.4, 0.5) is 13.2 Å². The summed E-state index contributed by atoms with van der Waals surface area (Å²) in [6.07, 6.45) is 4.69. The number of rotatable bonds is 4. The molecule has 2 aromatic rings. The maximum Gasteiger partial charge on any atom is 0.416 e. The van der Waals surface area contributed by atoms with Crippen molar-refractivity contribution in [3.63, 3.8) is 0 Å². The maximum atomic E-state index is 13.3. The quantitative estimate of drug-likeness (QED) is 0.394. The second kappa shape index (κ2) is 11.3. The van der Waals surface area contributed by atoms with Crippen molar-refractivity contribution >= 4 is 10.9 Å². The van der Waals surface area contributed by atoms with Crippen LogP contribution in [0.25, 0.3) is 11.4 Å². The lowest BCUT2D eigenvalue weighted by Crippen LogP contribution is -2.47. The van der Waals surface area contributed by atoms with Gasteiger partial charge in [-0.2, -0.15) is 13.2 Å². The topological polar surface area (TPSA) is 139 Å². The largest absolute Gasteiger partial charge is 0.416 e. The molecule has 13 heteroatoms. The number of H-pyrrole nitrogens is 1. The highest BCUT2D eigenvalue weighted by Gasteiger charge is 2.36. The Labute approximate surface area is 203 Å². The van der Waals surface area contributed by atoms with Crippen molar-refractivity contribution < 1.29 is 21.6 Å². The molecule has 3 atom stereocenters. The molecule has 0 amide bonds. The molecular weight excluding hydrogens is 483 g/mol. The van der Waals surface area contributed by atoms with Crippen LogP contribution < -0.4 is 15.8 Å². The van der Waals surface area contributed by atoms with Crippen LogP contribution in [0.1, 0.15) is 68.4 Å². The molecule has 1 aromatic heterocycles. The lowest BCUT2D eigenvalue weighted by atomic mass is 9.78. The molecule has 2 aliphatic carbocycles. The summed E-state index contributed by atoms with van der Waals surface area (Å²) in [5.74, 6) is 1.37. The van der Waals surface area contributed by atoms with E-state index in [-0.39, 0.29) is 5.92 Å². The van der Waals surface area contributed by atoms with Crippen LogP contribution in [-0.4, -0.2) is 53.7 Å². The average Bonchev–Trinajstić information content (AvgIpc) is 3.50. The molecule has 2 heterocycles. The van der Waals surface area contributed by atoms with Gasteiger partial charge in [0.15, 0.2) is 16.7 Å². The molecule has 5 N–H and O–H groups in total. The minimum Gasteiger partial charge on any atom is -0.314 e. The summed E-state index contributed by atoms with van der Waals surface area (Å²) >= 11 is 0. The van der Waals surface area contributed by atoms with Crippen molar-refractivity contribution in [3.8, 4) is 11.4 Å². The fourth-order valence-electron chi connectivity index (χ4n) is 5.91. The van der Waals surface area contributed by atoms with E-state index in [9.17, 15) is 13.2 Å². The summed E-state index contributed by atoms with van der Waals surface area (Å²) < 4.78 is 57.4. The Hall–Kier alpha value is -2.09. The number of hydrogen-bond acceptors (Lipinski definition) is 7. The van der Waals surface area contributed by atoms with Gasteiger partial charge in [0, 0.05) is 23.7 Å². The van der Waals surface area contributed by atoms with Gasteiger partial charge in [-0.1, -0.05) is 6.07 Å². The van der Waals surface area contributed by atoms with Crippen molar-refractivity contribution in [2.45, 2.75) is 81.6 Å². The molecule has 2 saturated carbocycles. The monoisotopic (exact) mass is 515 g/mol. The molecule has 1 aliphatic heterocycles. The number of nitrogens with one attached hydrogen (secondary N) is 3. The zero-order valence-corrected chi connectivity index (χ0v) is 20.2. The molecule has 3 aliphatic rings. The normalized spacial score (nSPS) is 28.9. The second-order valence-corrected chi connectivity index (χ2v) is 10.2. The zero-order chi connectivity index (χ0) is 25.0. The van der Waals surface area contributed by atoms with E-state index < -0.39 is 22.6 Å². The SMILES string of the molecule is FC(F)(F)c1ccc(C2CCC(N[C@H]3CC[C@H]4CCN[C@H]4C3)CC2)c(-c2nnn[nH]2)c1.N[SH](=O)=O. The number of tetrazole rings is 1. The third-order valence-corrected chi connectivity index (χ3v) is 7.53. The molecule has 5 rings (SSSR count). The molecule has 3 fully saturated rings. The van der Waals surface area contributed by atoms with E-state index in [4.69, 9.17) is 8.42 Å². The van der Waals surface area contributed by atoms with Crippen LogP contribution in [0.2, 0.25) is 0 Å². The van der Waals surface area contributed by atoms with Gasteiger partial charge in [0.25, 0.3) is 0 Å². The Balaban J connectivity index is 0.000000672. The number of benzene rings is 1. The highest BCUT2D eigenvalue weighted by Crippen LogP contribution is 2.41. The number of aromatic nitrogens is 4. The van der Waals surface area contributed by atoms with Gasteiger partial charge >= 0.3 is 6.18 Å². The van der Waals surface area contributed by atoms with Gasteiger partial charge in [-0.25, -0.2) is 18.7 Å². The van der Waals surface area contributed by atoms with E-state index in [0.717, 1.165) is 43.7 Å². The van der Waals surface area contributed by atoms with Crippen LogP contribution in [0, 0.1) is 5.92 Å². The number of fused-ring (bicyclic) bond motifs is 1. The first kappa shape index (κ1) is 26.0. The van der Waals surface area contributed by atoms with E-state index >= 15 is 0 Å². The number of aromatic amines is 1. The van der Waals surface area contributed by atoms with Gasteiger partial charge in [-0.15, -0.1) is 5.10 Å². The molecule has 194 valence electrons. The van der Waals surface area contributed by atoms with Gasteiger partial charge < -0.3 is 10.6 Å². The molecular formula is C22H32F3N7O2S. The predicted molar refractivity (Wildman–Crippen MR) is 125 cm³/mol. The Bertz CT molecular complexity index is 1030. The third kappa shape index (κ3) is 6.78. The number of nitrogens with zero attached hydrogens (tertiary/aromatic N) is 3. The smallest absolute Gasteiger partial charge is 0.314 e. The first-order valence-electron chi connectivity index (χ1n) is 12.0. The number of hydrogen-bond donors (Lipinski definition) is 5. The van der Waals surface area contributed by atoms with Crippen molar-refractivity contribution in [3.05, 3.63) is 29.3 Å². The molecule has 0 spiro atoms. The zero-order valence-electron chi connectivity index (χ0n) is 19.3.